The fraction of sp³-hybridized carbons (Fsp3) is 0.381. The van der Waals surface area contributed by atoms with E-state index in [2.05, 4.69) is 5.32 Å². The molecule has 0 saturated carbocycles. The Morgan fingerprint density at radius 2 is 1.68 bits per heavy atom. The number of nitrogens with zero attached hydrogens (tertiary/aromatic N) is 1. The van der Waals surface area contributed by atoms with Crippen molar-refractivity contribution in [3.05, 3.63) is 48.0 Å². The van der Waals surface area contributed by atoms with E-state index in [0.29, 0.717) is 13.1 Å². The highest BCUT2D eigenvalue weighted by molar-refractivity contribution is 7.90. The molecule has 1 aliphatic heterocycles. The predicted octanol–water partition coefficient (Wildman–Crippen LogP) is 2.92. The number of hydrogen-bond acceptors (Lipinski definition) is 6. The highest BCUT2D eigenvalue weighted by Gasteiger charge is 2.29. The number of sulfone groups is 1. The van der Waals surface area contributed by atoms with E-state index in [4.69, 9.17) is 4.74 Å². The molecule has 0 radical (unpaired) electrons. The van der Waals surface area contributed by atoms with Gasteiger partial charge in [-0.25, -0.2) is 16.8 Å². The van der Waals surface area contributed by atoms with Crippen molar-refractivity contribution in [2.24, 2.45) is 0 Å². The Bertz CT molecular complexity index is 1170. The zero-order valence-electron chi connectivity index (χ0n) is 17.5. The molecular weight excluding hydrogens is 440 g/mol. The number of piperidine rings is 1. The first kappa shape index (κ1) is 23.2. The van der Waals surface area contributed by atoms with Crippen LogP contribution < -0.4 is 10.1 Å². The van der Waals surface area contributed by atoms with Crippen LogP contribution in [0.3, 0.4) is 0 Å². The Balaban J connectivity index is 1.97. The highest BCUT2D eigenvalue weighted by Crippen LogP contribution is 2.31. The van der Waals surface area contributed by atoms with Crippen molar-refractivity contribution in [3.63, 3.8) is 0 Å². The molecule has 1 amide bonds. The van der Waals surface area contributed by atoms with Crippen molar-refractivity contribution in [1.29, 1.82) is 0 Å². The molecule has 1 saturated heterocycles. The van der Waals surface area contributed by atoms with Crippen molar-refractivity contribution in [2.45, 2.75) is 36.0 Å². The lowest BCUT2D eigenvalue weighted by Crippen LogP contribution is -2.35. The Morgan fingerprint density at radius 3 is 2.32 bits per heavy atom. The van der Waals surface area contributed by atoms with Gasteiger partial charge in [0.05, 0.1) is 17.1 Å². The maximum Gasteiger partial charge on any atom is 0.256 e. The highest BCUT2D eigenvalue weighted by atomic mass is 32.2. The van der Waals surface area contributed by atoms with Gasteiger partial charge in [-0.05, 0) is 50.1 Å². The van der Waals surface area contributed by atoms with E-state index in [1.165, 1.54) is 40.7 Å². The summed E-state index contributed by atoms with van der Waals surface area (Å²) in [5.41, 5.74) is 0.215. The monoisotopic (exact) mass is 466 g/mol. The maximum absolute atomic E-state index is 13.2. The molecule has 0 aromatic heterocycles. The summed E-state index contributed by atoms with van der Waals surface area (Å²) in [7, 11) is -7.42. The molecule has 3 rings (SSSR count). The van der Waals surface area contributed by atoms with E-state index in [1.807, 2.05) is 0 Å². The summed E-state index contributed by atoms with van der Waals surface area (Å²) in [6, 6.07) is 10.2. The van der Waals surface area contributed by atoms with Gasteiger partial charge in [-0.15, -0.1) is 0 Å². The third kappa shape index (κ3) is 5.25. The number of rotatable bonds is 7. The van der Waals surface area contributed by atoms with Crippen LogP contribution in [0.15, 0.2) is 52.3 Å². The van der Waals surface area contributed by atoms with Gasteiger partial charge in [-0.3, -0.25) is 4.79 Å². The molecule has 0 bridgehead atoms. The van der Waals surface area contributed by atoms with Crippen LogP contribution in [0.1, 0.15) is 36.5 Å². The van der Waals surface area contributed by atoms with Crippen LogP contribution in [0.5, 0.6) is 5.75 Å². The van der Waals surface area contributed by atoms with E-state index in [-0.39, 0.29) is 33.4 Å². The summed E-state index contributed by atoms with van der Waals surface area (Å²) in [5.74, 6) is -0.436. The zero-order valence-corrected chi connectivity index (χ0v) is 19.1. The van der Waals surface area contributed by atoms with Gasteiger partial charge in [0, 0.05) is 25.0 Å². The number of sulfonamides is 1. The van der Waals surface area contributed by atoms with Gasteiger partial charge in [0.25, 0.3) is 5.91 Å². The minimum Gasteiger partial charge on any atom is -0.492 e. The molecule has 10 heteroatoms. The Labute approximate surface area is 183 Å². The van der Waals surface area contributed by atoms with Crippen LogP contribution in [0.2, 0.25) is 0 Å². The van der Waals surface area contributed by atoms with E-state index < -0.39 is 25.8 Å². The number of carbonyl (C=O) groups excluding carboxylic acids is 1. The lowest BCUT2D eigenvalue weighted by Gasteiger charge is -2.27. The quantitative estimate of drug-likeness (QED) is 0.672. The molecule has 0 spiro atoms. The minimum atomic E-state index is -3.81. The first-order chi connectivity index (χ1) is 14.6. The minimum absolute atomic E-state index is 0.0145. The van der Waals surface area contributed by atoms with Crippen LogP contribution in [0.25, 0.3) is 0 Å². The predicted molar refractivity (Wildman–Crippen MR) is 118 cm³/mol. The first-order valence-electron chi connectivity index (χ1n) is 10.0. The van der Waals surface area contributed by atoms with Crippen LogP contribution >= 0.6 is 0 Å². The van der Waals surface area contributed by atoms with Crippen molar-refractivity contribution in [2.75, 3.05) is 31.3 Å². The van der Waals surface area contributed by atoms with E-state index in [0.717, 1.165) is 25.5 Å². The number of carbonyl (C=O) groups is 1. The normalized spacial score (nSPS) is 15.4. The molecule has 2 aromatic rings. The summed E-state index contributed by atoms with van der Waals surface area (Å²) in [6.07, 6.45) is 3.60. The number of benzene rings is 2. The van der Waals surface area contributed by atoms with Gasteiger partial charge in [-0.1, -0.05) is 18.6 Å². The van der Waals surface area contributed by atoms with E-state index in [1.54, 1.807) is 13.0 Å². The molecule has 0 unspecified atom stereocenters. The van der Waals surface area contributed by atoms with Crippen molar-refractivity contribution in [1.82, 2.24) is 4.31 Å². The first-order valence-corrected chi connectivity index (χ1v) is 13.3. The van der Waals surface area contributed by atoms with Gasteiger partial charge in [0.1, 0.15) is 10.6 Å². The van der Waals surface area contributed by atoms with Crippen LogP contribution in [0.4, 0.5) is 5.69 Å². The lowest BCUT2D eigenvalue weighted by atomic mass is 10.2. The summed E-state index contributed by atoms with van der Waals surface area (Å²) in [6.45, 7) is 2.92. The molecule has 0 aliphatic carbocycles. The molecule has 1 heterocycles. The molecular formula is C21H26N2O6S2. The molecule has 0 atom stereocenters. The van der Waals surface area contributed by atoms with Crippen molar-refractivity contribution in [3.8, 4) is 5.75 Å². The maximum atomic E-state index is 13.2. The van der Waals surface area contributed by atoms with E-state index >= 15 is 0 Å². The number of nitrogens with one attached hydrogen (secondary N) is 1. The Morgan fingerprint density at radius 1 is 1.00 bits per heavy atom. The third-order valence-electron chi connectivity index (χ3n) is 4.97. The van der Waals surface area contributed by atoms with Crippen LogP contribution in [-0.4, -0.2) is 53.0 Å². The Kier molecular flexibility index (Phi) is 7.03. The standard InChI is InChI=1S/C21H26N2O6S2/c1-3-29-18-12-11-16(15-20(18)31(27,28)23-13-7-4-8-14-23)22-21(24)17-9-5-6-10-19(17)30(2,25)26/h5-6,9-12,15H,3-4,7-8,13-14H2,1-2H3,(H,22,24). The number of ether oxygens (including phenoxy) is 1. The molecule has 31 heavy (non-hydrogen) atoms. The second-order valence-electron chi connectivity index (χ2n) is 7.28. The lowest BCUT2D eigenvalue weighted by molar-refractivity contribution is 0.102. The number of amides is 1. The van der Waals surface area contributed by atoms with Gasteiger partial charge >= 0.3 is 0 Å². The average Bonchev–Trinajstić information content (AvgIpc) is 2.75. The number of hydrogen-bond donors (Lipinski definition) is 1. The van der Waals surface area contributed by atoms with Gasteiger partial charge in [0.2, 0.25) is 10.0 Å². The fourth-order valence-electron chi connectivity index (χ4n) is 3.48. The number of anilines is 1. The fourth-order valence-corrected chi connectivity index (χ4v) is 6.04. The summed E-state index contributed by atoms with van der Waals surface area (Å²) < 4.78 is 57.4. The van der Waals surface area contributed by atoms with Gasteiger partial charge in [-0.2, -0.15) is 4.31 Å². The van der Waals surface area contributed by atoms with Crippen LogP contribution in [0, 0.1) is 0 Å². The van der Waals surface area contributed by atoms with Gasteiger partial charge in [0.15, 0.2) is 9.84 Å². The van der Waals surface area contributed by atoms with Gasteiger partial charge < -0.3 is 10.1 Å². The third-order valence-corrected chi connectivity index (χ3v) is 8.04. The summed E-state index contributed by atoms with van der Waals surface area (Å²) in [5, 5.41) is 2.61. The topological polar surface area (TPSA) is 110 Å². The molecule has 1 N–H and O–H groups in total. The van der Waals surface area contributed by atoms with Crippen molar-refractivity contribution >= 4 is 31.5 Å². The van der Waals surface area contributed by atoms with Crippen LogP contribution in [-0.2, 0) is 19.9 Å². The summed E-state index contributed by atoms with van der Waals surface area (Å²) >= 11 is 0. The molecule has 2 aromatic carbocycles. The largest absolute Gasteiger partial charge is 0.492 e. The average molecular weight is 467 g/mol. The van der Waals surface area contributed by atoms with Crippen molar-refractivity contribution < 1.29 is 26.4 Å². The molecule has 1 aliphatic rings. The Hall–Kier alpha value is -2.43. The second-order valence-corrected chi connectivity index (χ2v) is 11.2. The SMILES string of the molecule is CCOc1ccc(NC(=O)c2ccccc2S(C)(=O)=O)cc1S(=O)(=O)N1CCCCC1. The summed E-state index contributed by atoms with van der Waals surface area (Å²) in [4.78, 5) is 12.7. The van der Waals surface area contributed by atoms with E-state index in [9.17, 15) is 21.6 Å². The second kappa shape index (κ2) is 9.37. The smallest absolute Gasteiger partial charge is 0.256 e. The molecule has 8 nitrogen and oxygen atoms in total. The molecule has 168 valence electrons. The molecule has 1 fully saturated rings. The zero-order chi connectivity index (χ0) is 22.6.